The second kappa shape index (κ2) is 16.0. The van der Waals surface area contributed by atoms with Gasteiger partial charge >= 0.3 is 5.97 Å². The van der Waals surface area contributed by atoms with E-state index in [0.29, 0.717) is 68.2 Å². The molecule has 0 fully saturated rings. The number of rotatable bonds is 14. The molecule has 10 nitrogen and oxygen atoms in total. The van der Waals surface area contributed by atoms with E-state index in [1.807, 2.05) is 31.2 Å². The summed E-state index contributed by atoms with van der Waals surface area (Å²) in [6.45, 7) is 7.08. The molecule has 0 aliphatic carbocycles. The number of aromatic nitrogens is 1. The number of methoxy groups -OCH3 is 2. The van der Waals surface area contributed by atoms with Gasteiger partial charge in [-0.3, -0.25) is 9.36 Å². The largest absolute Gasteiger partial charge is 0.493 e. The maximum absolute atomic E-state index is 14.1. The molecule has 0 amide bonds. The zero-order valence-corrected chi connectivity index (χ0v) is 29.0. The highest BCUT2D eigenvalue weighted by atomic mass is 35.5. The second-order valence-electron chi connectivity index (χ2n) is 10.7. The molecule has 12 heteroatoms. The lowest BCUT2D eigenvalue weighted by Gasteiger charge is -2.25. The Morgan fingerprint density at radius 2 is 1.62 bits per heavy atom. The van der Waals surface area contributed by atoms with Crippen LogP contribution in [0.2, 0.25) is 5.02 Å². The van der Waals surface area contributed by atoms with E-state index >= 15 is 0 Å². The van der Waals surface area contributed by atoms with Crippen LogP contribution in [0.25, 0.3) is 6.08 Å². The molecule has 3 aromatic carbocycles. The smallest absolute Gasteiger partial charge is 0.338 e. The Hall–Kier alpha value is -4.58. The average molecular weight is 693 g/mol. The van der Waals surface area contributed by atoms with Crippen LogP contribution in [0.15, 0.2) is 81.7 Å². The van der Waals surface area contributed by atoms with Gasteiger partial charge in [0.15, 0.2) is 16.3 Å². The quantitative estimate of drug-likeness (QED) is 0.130. The van der Waals surface area contributed by atoms with Crippen LogP contribution in [0.4, 0.5) is 0 Å². The fraction of sp³-hybridized carbons (Fsp3) is 0.306. The molecule has 252 valence electrons. The van der Waals surface area contributed by atoms with Gasteiger partial charge < -0.3 is 28.4 Å². The topological polar surface area (TPSA) is 107 Å². The number of fused-ring (bicyclic) bond motifs is 1. The van der Waals surface area contributed by atoms with Gasteiger partial charge in [0.05, 0.1) is 55.9 Å². The summed E-state index contributed by atoms with van der Waals surface area (Å²) < 4.78 is 35.7. The van der Waals surface area contributed by atoms with Crippen molar-refractivity contribution in [2.24, 2.45) is 4.99 Å². The highest BCUT2D eigenvalue weighted by Gasteiger charge is 2.34. The number of carbonyl (C=O) groups excluding carboxylic acids is 1. The molecule has 48 heavy (non-hydrogen) atoms. The Labute approximate surface area is 287 Å². The number of hydrogen-bond acceptors (Lipinski definition) is 10. The maximum atomic E-state index is 14.1. The zero-order valence-electron chi connectivity index (χ0n) is 27.4. The first-order valence-corrected chi connectivity index (χ1v) is 16.5. The molecule has 5 rings (SSSR count). The molecule has 0 saturated heterocycles. The summed E-state index contributed by atoms with van der Waals surface area (Å²) in [4.78, 5) is 32.5. The molecule has 0 bridgehead atoms. The number of esters is 1. The molecule has 2 heterocycles. The van der Waals surface area contributed by atoms with Crippen molar-refractivity contribution >= 4 is 35.0 Å². The molecule has 1 aliphatic rings. The van der Waals surface area contributed by atoms with Gasteiger partial charge in [0.2, 0.25) is 0 Å². The summed E-state index contributed by atoms with van der Waals surface area (Å²) >= 11 is 7.57. The third-order valence-corrected chi connectivity index (χ3v) is 8.72. The van der Waals surface area contributed by atoms with Crippen LogP contribution >= 0.6 is 22.9 Å². The number of allylic oxidation sites excluding steroid dienone is 1. The van der Waals surface area contributed by atoms with Crippen molar-refractivity contribution in [3.63, 3.8) is 0 Å². The molecule has 0 unspecified atom stereocenters. The summed E-state index contributed by atoms with van der Waals surface area (Å²) in [6, 6.07) is 17.5. The summed E-state index contributed by atoms with van der Waals surface area (Å²) in [7, 11) is 3.07. The predicted molar refractivity (Wildman–Crippen MR) is 184 cm³/mol. The minimum atomic E-state index is -0.815. The number of nitrogens with zero attached hydrogens (tertiary/aromatic N) is 2. The van der Waals surface area contributed by atoms with Gasteiger partial charge in [-0.25, -0.2) is 9.79 Å². The zero-order chi connectivity index (χ0) is 34.2. The molecular formula is C36H37ClN2O8S. The lowest BCUT2D eigenvalue weighted by molar-refractivity contribution is -0.139. The fourth-order valence-electron chi connectivity index (χ4n) is 5.20. The lowest BCUT2D eigenvalue weighted by atomic mass is 9.95. The van der Waals surface area contributed by atoms with Crippen molar-refractivity contribution in [1.82, 2.24) is 4.57 Å². The van der Waals surface area contributed by atoms with Gasteiger partial charge in [0.25, 0.3) is 5.56 Å². The molecule has 1 aliphatic heterocycles. The van der Waals surface area contributed by atoms with Crippen molar-refractivity contribution in [2.75, 3.05) is 47.3 Å². The van der Waals surface area contributed by atoms with Crippen LogP contribution in [0.5, 0.6) is 23.0 Å². The molecule has 0 saturated carbocycles. The standard InChI is InChI=1S/C36H37ClN2O8S/c1-6-45-35(41)32-23(3)38-36-39(33(32)24-9-13-29(42-4)30(20-24)43-5)34(40)31(48-36)21-25-19-26(37)10-14-28(25)47-18-16-44-15-17-46-27-11-7-22(2)8-12-27/h7-14,19-21,33H,6,15-18H2,1-5H3/b31-21+/t33-/m1/s1. The third kappa shape index (κ3) is 7.92. The number of benzene rings is 3. The molecule has 1 aromatic heterocycles. The van der Waals surface area contributed by atoms with Crippen LogP contribution in [0.3, 0.4) is 0 Å². The SMILES string of the molecule is CCOC(=O)C1=C(C)N=c2s/c(=C/c3cc(Cl)ccc3OCCOCCOc3ccc(C)cc3)c(=O)n2[C@@H]1c1ccc(OC)c(OC)c1. The average Bonchev–Trinajstić information content (AvgIpc) is 3.38. The first-order valence-electron chi connectivity index (χ1n) is 15.3. The summed E-state index contributed by atoms with van der Waals surface area (Å²) in [5, 5.41) is 0.481. The first-order chi connectivity index (χ1) is 23.2. The van der Waals surface area contributed by atoms with Crippen LogP contribution in [-0.2, 0) is 14.3 Å². The van der Waals surface area contributed by atoms with Gasteiger partial charge in [-0.1, -0.05) is 46.7 Å². The summed E-state index contributed by atoms with van der Waals surface area (Å²) in [6.07, 6.45) is 1.72. The normalized spacial score (nSPS) is 14.3. The van der Waals surface area contributed by atoms with Crippen molar-refractivity contribution in [2.45, 2.75) is 26.8 Å². The van der Waals surface area contributed by atoms with Crippen LogP contribution in [0, 0.1) is 6.92 Å². The van der Waals surface area contributed by atoms with E-state index in [1.54, 1.807) is 56.3 Å². The van der Waals surface area contributed by atoms with Crippen LogP contribution in [-0.4, -0.2) is 57.8 Å². The van der Waals surface area contributed by atoms with Crippen molar-refractivity contribution in [1.29, 1.82) is 0 Å². The lowest BCUT2D eigenvalue weighted by Crippen LogP contribution is -2.40. The van der Waals surface area contributed by atoms with Crippen molar-refractivity contribution in [3.8, 4) is 23.0 Å². The van der Waals surface area contributed by atoms with E-state index in [4.69, 9.17) is 40.0 Å². The van der Waals surface area contributed by atoms with E-state index in [9.17, 15) is 9.59 Å². The molecule has 1 atom stereocenters. The van der Waals surface area contributed by atoms with Crippen LogP contribution in [0.1, 0.15) is 36.6 Å². The highest BCUT2D eigenvalue weighted by molar-refractivity contribution is 7.07. The summed E-state index contributed by atoms with van der Waals surface area (Å²) in [5.74, 6) is 1.74. The number of ether oxygens (including phenoxy) is 6. The molecule has 4 aromatic rings. The Morgan fingerprint density at radius 1 is 0.917 bits per heavy atom. The first kappa shape index (κ1) is 34.7. The van der Waals surface area contributed by atoms with Gasteiger partial charge in [-0.05, 0) is 74.9 Å². The van der Waals surface area contributed by atoms with Crippen molar-refractivity contribution < 1.29 is 33.2 Å². The molecule has 0 spiro atoms. The monoisotopic (exact) mass is 692 g/mol. The van der Waals surface area contributed by atoms with Gasteiger partial charge in [-0.2, -0.15) is 0 Å². The molecule has 0 radical (unpaired) electrons. The highest BCUT2D eigenvalue weighted by Crippen LogP contribution is 2.36. The van der Waals surface area contributed by atoms with E-state index in [0.717, 1.165) is 5.75 Å². The maximum Gasteiger partial charge on any atom is 0.338 e. The van der Waals surface area contributed by atoms with Gasteiger partial charge in [-0.15, -0.1) is 0 Å². The van der Waals surface area contributed by atoms with E-state index in [2.05, 4.69) is 4.99 Å². The minimum Gasteiger partial charge on any atom is -0.493 e. The Kier molecular flexibility index (Phi) is 11.6. The third-order valence-electron chi connectivity index (χ3n) is 7.50. The number of aryl methyl sites for hydroxylation is 1. The Bertz CT molecular complexity index is 1980. The number of thiazole rings is 1. The van der Waals surface area contributed by atoms with E-state index < -0.39 is 12.0 Å². The number of carbonyl (C=O) groups is 1. The Morgan fingerprint density at radius 3 is 2.33 bits per heavy atom. The fourth-order valence-corrected chi connectivity index (χ4v) is 6.42. The van der Waals surface area contributed by atoms with Crippen molar-refractivity contribution in [3.05, 3.63) is 113 Å². The second-order valence-corrected chi connectivity index (χ2v) is 12.2. The molecular weight excluding hydrogens is 656 g/mol. The number of halogens is 1. The Balaban J connectivity index is 1.40. The predicted octanol–water partition coefficient (Wildman–Crippen LogP) is 5.25. The summed E-state index contributed by atoms with van der Waals surface area (Å²) in [5.41, 5.74) is 2.79. The van der Waals surface area contributed by atoms with E-state index in [-0.39, 0.29) is 24.3 Å². The van der Waals surface area contributed by atoms with Crippen LogP contribution < -0.4 is 33.8 Å². The van der Waals surface area contributed by atoms with Gasteiger partial charge in [0, 0.05) is 10.6 Å². The van der Waals surface area contributed by atoms with E-state index in [1.165, 1.54) is 35.7 Å². The minimum absolute atomic E-state index is 0.169. The number of hydrogen-bond donors (Lipinski definition) is 0. The van der Waals surface area contributed by atoms with Gasteiger partial charge in [0.1, 0.15) is 24.7 Å². The molecule has 0 N–H and O–H groups in total.